The second-order valence-corrected chi connectivity index (χ2v) is 5.91. The predicted octanol–water partition coefficient (Wildman–Crippen LogP) is 2.25. The number of benzene rings is 1. The van der Waals surface area contributed by atoms with E-state index in [2.05, 4.69) is 5.11 Å². The molecule has 0 amide bonds. The number of nitrogens with one attached hydrogen (secondary N) is 2. The van der Waals surface area contributed by atoms with Crippen molar-refractivity contribution in [1.29, 1.82) is 5.53 Å². The van der Waals surface area contributed by atoms with Crippen molar-refractivity contribution < 1.29 is 12.6 Å². The molecule has 7 nitrogen and oxygen atoms in total. The fourth-order valence-electron chi connectivity index (χ4n) is 2.07. The van der Waals surface area contributed by atoms with Crippen LogP contribution in [0.5, 0.6) is 0 Å². The molecular weight excluding hydrogens is 270 g/mol. The molecular formula is C11H14N3O4S-. The molecule has 0 spiro atoms. The zero-order valence-electron chi connectivity index (χ0n) is 10.1. The Morgan fingerprint density at radius 3 is 2.58 bits per heavy atom. The van der Waals surface area contributed by atoms with E-state index < -0.39 is 22.3 Å². The highest BCUT2D eigenvalue weighted by Crippen LogP contribution is 2.28. The van der Waals surface area contributed by atoms with Crippen LogP contribution in [-0.4, -0.2) is 20.6 Å². The number of nitrogens with zero attached hydrogens (tertiary/aromatic N) is 1. The first-order valence-corrected chi connectivity index (χ1v) is 7.26. The summed E-state index contributed by atoms with van der Waals surface area (Å²) in [6, 6.07) is 4.95. The molecule has 19 heavy (non-hydrogen) atoms. The van der Waals surface area contributed by atoms with Gasteiger partial charge in [-0.2, -0.15) is 13.5 Å². The van der Waals surface area contributed by atoms with Crippen LogP contribution in [0.3, 0.4) is 0 Å². The van der Waals surface area contributed by atoms with Gasteiger partial charge in [-0.15, -0.1) is 0 Å². The normalized spacial score (nSPS) is 23.2. The molecule has 0 aliphatic heterocycles. The molecule has 1 unspecified atom stereocenters. The Balaban J connectivity index is 2.15. The van der Waals surface area contributed by atoms with Gasteiger partial charge in [0.1, 0.15) is 6.10 Å². The van der Waals surface area contributed by atoms with E-state index in [1.54, 1.807) is 5.48 Å². The highest BCUT2D eigenvalue weighted by molar-refractivity contribution is 7.86. The summed E-state index contributed by atoms with van der Waals surface area (Å²) < 4.78 is 29.2. The van der Waals surface area contributed by atoms with Crippen LogP contribution >= 0.6 is 0 Å². The maximum Gasteiger partial charge on any atom is 0.297 e. The van der Waals surface area contributed by atoms with Crippen LogP contribution in [0.25, 0.3) is 0 Å². The van der Waals surface area contributed by atoms with E-state index in [-0.39, 0.29) is 10.6 Å². The van der Waals surface area contributed by atoms with Crippen LogP contribution in [-0.2, 0) is 14.3 Å². The predicted molar refractivity (Wildman–Crippen MR) is 68.3 cm³/mol. The van der Waals surface area contributed by atoms with E-state index in [1.165, 1.54) is 24.3 Å². The highest BCUT2D eigenvalue weighted by Gasteiger charge is 2.32. The minimum atomic E-state index is -3.88. The average Bonchev–Trinajstić information content (AvgIpc) is 2.85. The quantitative estimate of drug-likeness (QED) is 0.489. The SMILES string of the molecule is N=N[C@@H]1CCCC1OS(=O)(=O)c1ccc(N[O-])cc1. The van der Waals surface area contributed by atoms with Gasteiger partial charge in [0, 0.05) is 5.69 Å². The maximum atomic E-state index is 12.0. The largest absolute Gasteiger partial charge is 0.761 e. The molecule has 2 N–H and O–H groups in total. The minimum absolute atomic E-state index is 0.0119. The van der Waals surface area contributed by atoms with Crippen LogP contribution in [0.2, 0.25) is 0 Å². The third kappa shape index (κ3) is 3.09. The molecule has 0 bridgehead atoms. The van der Waals surface area contributed by atoms with Crippen molar-refractivity contribution in [2.45, 2.75) is 36.3 Å². The summed E-state index contributed by atoms with van der Waals surface area (Å²) in [6.45, 7) is 0. The summed E-state index contributed by atoms with van der Waals surface area (Å²) >= 11 is 0. The molecule has 0 heterocycles. The number of hydrogen-bond donors (Lipinski definition) is 2. The lowest BCUT2D eigenvalue weighted by molar-refractivity contribution is 0.196. The van der Waals surface area contributed by atoms with Gasteiger partial charge >= 0.3 is 0 Å². The molecule has 1 aliphatic carbocycles. The Morgan fingerprint density at radius 1 is 1.32 bits per heavy atom. The molecule has 0 aromatic heterocycles. The molecule has 2 atom stereocenters. The van der Waals surface area contributed by atoms with Crippen molar-refractivity contribution in [3.63, 3.8) is 0 Å². The Hall–Kier alpha value is -1.51. The zero-order valence-corrected chi connectivity index (χ0v) is 10.9. The van der Waals surface area contributed by atoms with Crippen molar-refractivity contribution in [2.75, 3.05) is 5.48 Å². The van der Waals surface area contributed by atoms with Gasteiger partial charge < -0.3 is 10.7 Å². The summed E-state index contributed by atoms with van der Waals surface area (Å²) in [6.07, 6.45) is 1.47. The first-order chi connectivity index (χ1) is 9.06. The summed E-state index contributed by atoms with van der Waals surface area (Å²) in [5.41, 5.74) is 8.95. The third-order valence-corrected chi connectivity index (χ3v) is 4.44. The summed E-state index contributed by atoms with van der Waals surface area (Å²) in [5, 5.41) is 13.8. The van der Waals surface area contributed by atoms with Gasteiger partial charge in [-0.05, 0) is 43.5 Å². The lowest BCUT2D eigenvalue weighted by Gasteiger charge is -2.16. The minimum Gasteiger partial charge on any atom is -0.761 e. The van der Waals surface area contributed by atoms with Gasteiger partial charge in [0.05, 0.1) is 10.9 Å². The first kappa shape index (κ1) is 13.9. The number of rotatable bonds is 5. The standard InChI is InChI=1S/C11H14N3O4S/c12-13-10-2-1-3-11(10)18-19(16,17)9-6-4-8(14-15)5-7-9/h4-7,10-12,14H,1-3H2/q-1/t10-,11?/m1/s1. The molecule has 0 radical (unpaired) electrons. The second-order valence-electron chi connectivity index (χ2n) is 4.34. The monoisotopic (exact) mass is 284 g/mol. The van der Waals surface area contributed by atoms with Gasteiger partial charge in [-0.25, -0.2) is 5.53 Å². The van der Waals surface area contributed by atoms with E-state index in [0.29, 0.717) is 12.8 Å². The van der Waals surface area contributed by atoms with E-state index >= 15 is 0 Å². The van der Waals surface area contributed by atoms with Gasteiger partial charge in [0.25, 0.3) is 10.1 Å². The Morgan fingerprint density at radius 2 is 2.00 bits per heavy atom. The highest BCUT2D eigenvalue weighted by atomic mass is 32.2. The lowest BCUT2D eigenvalue weighted by atomic mass is 10.2. The van der Waals surface area contributed by atoms with Crippen LogP contribution in [0.15, 0.2) is 34.3 Å². The molecule has 1 aromatic carbocycles. The molecule has 1 fully saturated rings. The van der Waals surface area contributed by atoms with Gasteiger partial charge in [-0.3, -0.25) is 4.18 Å². The Bertz CT molecular complexity index is 544. The third-order valence-electron chi connectivity index (χ3n) is 3.09. The van der Waals surface area contributed by atoms with E-state index in [0.717, 1.165) is 6.42 Å². The summed E-state index contributed by atoms with van der Waals surface area (Å²) in [5.74, 6) is 0. The van der Waals surface area contributed by atoms with E-state index in [9.17, 15) is 13.6 Å². The lowest BCUT2D eigenvalue weighted by Crippen LogP contribution is -2.24. The first-order valence-electron chi connectivity index (χ1n) is 5.85. The molecule has 2 rings (SSSR count). The molecule has 1 aliphatic rings. The fourth-order valence-corrected chi connectivity index (χ4v) is 3.20. The molecule has 8 heteroatoms. The molecule has 1 saturated carbocycles. The van der Waals surface area contributed by atoms with Crippen molar-refractivity contribution in [3.05, 3.63) is 29.5 Å². The molecule has 0 saturated heterocycles. The van der Waals surface area contributed by atoms with Crippen LogP contribution < -0.4 is 5.48 Å². The van der Waals surface area contributed by atoms with Crippen LogP contribution in [0, 0.1) is 10.7 Å². The fraction of sp³-hybridized carbons (Fsp3) is 0.455. The topological polar surface area (TPSA) is 115 Å². The average molecular weight is 284 g/mol. The van der Waals surface area contributed by atoms with Gasteiger partial charge in [0.2, 0.25) is 0 Å². The van der Waals surface area contributed by atoms with Crippen molar-refractivity contribution in [1.82, 2.24) is 0 Å². The van der Waals surface area contributed by atoms with Crippen molar-refractivity contribution >= 4 is 15.8 Å². The van der Waals surface area contributed by atoms with Crippen molar-refractivity contribution in [2.24, 2.45) is 5.11 Å². The van der Waals surface area contributed by atoms with E-state index in [4.69, 9.17) is 9.71 Å². The maximum absolute atomic E-state index is 12.0. The van der Waals surface area contributed by atoms with Gasteiger partial charge in [-0.1, -0.05) is 0 Å². The van der Waals surface area contributed by atoms with Crippen LogP contribution in [0.1, 0.15) is 19.3 Å². The van der Waals surface area contributed by atoms with Crippen LogP contribution in [0.4, 0.5) is 5.69 Å². The Kier molecular flexibility index (Phi) is 4.13. The smallest absolute Gasteiger partial charge is 0.297 e. The summed E-state index contributed by atoms with van der Waals surface area (Å²) in [7, 11) is -3.88. The second kappa shape index (κ2) is 5.64. The molecule has 1 aromatic rings. The zero-order chi connectivity index (χ0) is 13.9. The molecule has 104 valence electrons. The van der Waals surface area contributed by atoms with Crippen molar-refractivity contribution in [3.8, 4) is 0 Å². The van der Waals surface area contributed by atoms with E-state index in [1.807, 2.05) is 0 Å². The Labute approximate surface area is 111 Å². The summed E-state index contributed by atoms with van der Waals surface area (Å²) in [4.78, 5) is -0.0119. The number of hydrogen-bond acceptors (Lipinski definition) is 7. The number of anilines is 1. The van der Waals surface area contributed by atoms with Gasteiger partial charge in [0.15, 0.2) is 0 Å².